The van der Waals surface area contributed by atoms with E-state index in [-0.39, 0.29) is 30.6 Å². The Bertz CT molecular complexity index is 1270. The lowest BCUT2D eigenvalue weighted by Gasteiger charge is -2.32. The van der Waals surface area contributed by atoms with E-state index < -0.39 is 41.8 Å². The summed E-state index contributed by atoms with van der Waals surface area (Å²) in [7, 11) is 0. The van der Waals surface area contributed by atoms with E-state index in [9.17, 15) is 24.0 Å². The van der Waals surface area contributed by atoms with Crippen LogP contribution in [0.2, 0.25) is 0 Å². The number of hydrogen-bond acceptors (Lipinski definition) is 5. The maximum absolute atomic E-state index is 13.6. The predicted molar refractivity (Wildman–Crippen MR) is 170 cm³/mol. The monoisotopic (exact) mass is 605 g/mol. The molecule has 2 aromatic rings. The van der Waals surface area contributed by atoms with Crippen LogP contribution in [0.4, 0.5) is 0 Å². The largest absolute Gasteiger partial charge is 0.370 e. The Hall–Kier alpha value is -4.21. The summed E-state index contributed by atoms with van der Waals surface area (Å²) >= 11 is 0. The lowest BCUT2D eigenvalue weighted by atomic mass is 9.95. The van der Waals surface area contributed by atoms with Gasteiger partial charge in [-0.15, -0.1) is 0 Å². The fourth-order valence-electron chi connectivity index (χ4n) is 5.29. The lowest BCUT2D eigenvalue weighted by molar-refractivity contribution is -0.139. The summed E-state index contributed by atoms with van der Waals surface area (Å²) in [4.78, 5) is 66.8. The van der Waals surface area contributed by atoms with Gasteiger partial charge >= 0.3 is 0 Å². The van der Waals surface area contributed by atoms with E-state index in [2.05, 4.69) is 16.0 Å². The molecule has 1 aliphatic heterocycles. The number of primary amides is 1. The van der Waals surface area contributed by atoms with E-state index in [0.29, 0.717) is 25.1 Å². The van der Waals surface area contributed by atoms with Crippen molar-refractivity contribution < 1.29 is 24.0 Å². The minimum absolute atomic E-state index is 0.0579. The van der Waals surface area contributed by atoms with Crippen LogP contribution in [0.5, 0.6) is 0 Å². The number of benzene rings is 2. The van der Waals surface area contributed by atoms with E-state index in [4.69, 9.17) is 5.73 Å². The molecule has 5 amide bonds. The Morgan fingerprint density at radius 3 is 1.93 bits per heavy atom. The van der Waals surface area contributed by atoms with Crippen molar-refractivity contribution >= 4 is 29.5 Å². The molecule has 238 valence electrons. The molecule has 1 heterocycles. The molecule has 2 aromatic carbocycles. The number of likely N-dealkylation sites (tertiary alicyclic amines) is 1. The number of rotatable bonds is 14. The van der Waals surface area contributed by atoms with Crippen molar-refractivity contribution in [3.05, 3.63) is 60.2 Å². The summed E-state index contributed by atoms with van der Waals surface area (Å²) in [6, 6.07) is 14.2. The molecule has 0 aromatic heterocycles. The standard InChI is InChI=1S/C34H47N5O5/c1-5-23(4)30(38-31(41)26-16-14-25(15-17-26)24-12-8-6-9-13-24)33(43)37-29(22(2)3)32(42)36-27(18-19-28(35)40)34(44)39-20-10-7-11-21-39/h6,8-9,12-17,22-23,27,29-30H,5,7,10-11,18-21H2,1-4H3,(H2,35,40)(H,36,42)(H,37,43)(H,38,41)/t23-,27-,29+,30-/m0/s1. The van der Waals surface area contributed by atoms with Gasteiger partial charge in [0, 0.05) is 25.1 Å². The molecule has 1 aliphatic rings. The number of nitrogens with zero attached hydrogens (tertiary/aromatic N) is 1. The van der Waals surface area contributed by atoms with Crippen molar-refractivity contribution in [3.63, 3.8) is 0 Å². The summed E-state index contributed by atoms with van der Waals surface area (Å²) in [5, 5.41) is 8.48. The summed E-state index contributed by atoms with van der Waals surface area (Å²) in [6.07, 6.45) is 3.43. The van der Waals surface area contributed by atoms with Crippen LogP contribution in [0, 0.1) is 11.8 Å². The average molecular weight is 606 g/mol. The molecule has 10 heteroatoms. The number of amides is 5. The van der Waals surface area contributed by atoms with Crippen molar-refractivity contribution in [1.29, 1.82) is 0 Å². The SMILES string of the molecule is CC[C@H](C)[C@H](NC(=O)c1ccc(-c2ccccc2)cc1)C(=O)N[C@@H](C(=O)N[C@@H](CCC(N)=O)C(=O)N1CCCCC1)C(C)C. The Balaban J connectivity index is 1.72. The number of carbonyl (C=O) groups is 5. The first-order valence-electron chi connectivity index (χ1n) is 15.7. The van der Waals surface area contributed by atoms with E-state index in [1.807, 2.05) is 56.3 Å². The molecule has 5 N–H and O–H groups in total. The number of hydrogen-bond donors (Lipinski definition) is 4. The number of nitrogens with two attached hydrogens (primary N) is 1. The number of nitrogens with one attached hydrogen (secondary N) is 3. The minimum Gasteiger partial charge on any atom is -0.370 e. The first-order valence-corrected chi connectivity index (χ1v) is 15.7. The fourth-order valence-corrected chi connectivity index (χ4v) is 5.29. The summed E-state index contributed by atoms with van der Waals surface area (Å²) in [5.41, 5.74) is 7.76. The third kappa shape index (κ3) is 9.65. The molecule has 4 atom stereocenters. The van der Waals surface area contributed by atoms with Crippen molar-refractivity contribution in [2.24, 2.45) is 17.6 Å². The van der Waals surface area contributed by atoms with Crippen LogP contribution in [0.15, 0.2) is 54.6 Å². The molecule has 44 heavy (non-hydrogen) atoms. The van der Waals surface area contributed by atoms with Gasteiger partial charge in [0.25, 0.3) is 5.91 Å². The second-order valence-corrected chi connectivity index (χ2v) is 12.0. The summed E-state index contributed by atoms with van der Waals surface area (Å²) in [6.45, 7) is 8.56. The van der Waals surface area contributed by atoms with Crippen molar-refractivity contribution in [2.75, 3.05) is 13.1 Å². The quantitative estimate of drug-likeness (QED) is 0.260. The minimum atomic E-state index is -0.971. The molecule has 0 spiro atoms. The van der Waals surface area contributed by atoms with Gasteiger partial charge in [0.15, 0.2) is 0 Å². The molecule has 10 nitrogen and oxygen atoms in total. The van der Waals surface area contributed by atoms with Crippen molar-refractivity contribution in [1.82, 2.24) is 20.9 Å². The molecule has 1 fully saturated rings. The molecular formula is C34H47N5O5. The van der Waals surface area contributed by atoms with E-state index in [1.54, 1.807) is 30.9 Å². The molecule has 0 radical (unpaired) electrons. The van der Waals surface area contributed by atoms with Crippen LogP contribution >= 0.6 is 0 Å². The van der Waals surface area contributed by atoms with Gasteiger partial charge in [-0.2, -0.15) is 0 Å². The fraction of sp³-hybridized carbons (Fsp3) is 0.500. The van der Waals surface area contributed by atoms with E-state index in [1.165, 1.54) is 0 Å². The normalized spacial score (nSPS) is 15.9. The van der Waals surface area contributed by atoms with Gasteiger partial charge in [-0.05, 0) is 60.8 Å². The topological polar surface area (TPSA) is 151 Å². The van der Waals surface area contributed by atoms with Crippen LogP contribution in [-0.4, -0.2) is 65.7 Å². The Labute approximate surface area is 260 Å². The Morgan fingerprint density at radius 1 is 0.773 bits per heavy atom. The van der Waals surface area contributed by atoms with Crippen molar-refractivity contribution in [2.45, 2.75) is 84.3 Å². The van der Waals surface area contributed by atoms with Crippen LogP contribution in [0.3, 0.4) is 0 Å². The summed E-state index contributed by atoms with van der Waals surface area (Å²) in [5.74, 6) is -2.77. The van der Waals surface area contributed by atoms with E-state index >= 15 is 0 Å². The van der Waals surface area contributed by atoms with Crippen LogP contribution in [-0.2, 0) is 19.2 Å². The van der Waals surface area contributed by atoms with Crippen LogP contribution in [0.1, 0.15) is 76.6 Å². The highest BCUT2D eigenvalue weighted by Crippen LogP contribution is 2.20. The molecule has 1 saturated heterocycles. The van der Waals surface area contributed by atoms with Gasteiger partial charge in [-0.3, -0.25) is 24.0 Å². The maximum atomic E-state index is 13.6. The van der Waals surface area contributed by atoms with Gasteiger partial charge in [0.1, 0.15) is 18.1 Å². The zero-order valence-corrected chi connectivity index (χ0v) is 26.3. The van der Waals surface area contributed by atoms with Gasteiger partial charge in [-0.25, -0.2) is 0 Å². The molecule has 3 rings (SSSR count). The highest BCUT2D eigenvalue weighted by Gasteiger charge is 2.34. The first kappa shape index (κ1) is 34.3. The van der Waals surface area contributed by atoms with E-state index in [0.717, 1.165) is 30.4 Å². The number of carbonyl (C=O) groups excluding carboxylic acids is 5. The second kappa shape index (κ2) is 16.6. The van der Waals surface area contributed by atoms with Gasteiger partial charge in [0.05, 0.1) is 0 Å². The van der Waals surface area contributed by atoms with Gasteiger partial charge < -0.3 is 26.6 Å². The third-order valence-electron chi connectivity index (χ3n) is 8.24. The van der Waals surface area contributed by atoms with Gasteiger partial charge in [-0.1, -0.05) is 76.6 Å². The smallest absolute Gasteiger partial charge is 0.251 e. The third-order valence-corrected chi connectivity index (χ3v) is 8.24. The molecular weight excluding hydrogens is 558 g/mol. The van der Waals surface area contributed by atoms with Crippen molar-refractivity contribution in [3.8, 4) is 11.1 Å². The lowest BCUT2D eigenvalue weighted by Crippen LogP contribution is -2.59. The average Bonchev–Trinajstić information content (AvgIpc) is 3.04. The Kier molecular flexibility index (Phi) is 12.9. The first-order chi connectivity index (χ1) is 21.0. The molecule has 0 bridgehead atoms. The number of piperidine rings is 1. The molecule has 0 saturated carbocycles. The molecule has 0 unspecified atom stereocenters. The van der Waals surface area contributed by atoms with Crippen LogP contribution < -0.4 is 21.7 Å². The predicted octanol–water partition coefficient (Wildman–Crippen LogP) is 3.40. The van der Waals surface area contributed by atoms with Gasteiger partial charge in [0.2, 0.25) is 23.6 Å². The van der Waals surface area contributed by atoms with Crippen LogP contribution in [0.25, 0.3) is 11.1 Å². The highest BCUT2D eigenvalue weighted by molar-refractivity contribution is 5.99. The molecule has 0 aliphatic carbocycles. The zero-order valence-electron chi connectivity index (χ0n) is 26.3. The second-order valence-electron chi connectivity index (χ2n) is 12.0. The zero-order chi connectivity index (χ0) is 32.2. The Morgan fingerprint density at radius 2 is 1.36 bits per heavy atom. The summed E-state index contributed by atoms with van der Waals surface area (Å²) < 4.78 is 0. The maximum Gasteiger partial charge on any atom is 0.251 e. The highest BCUT2D eigenvalue weighted by atomic mass is 16.2.